The van der Waals surface area contributed by atoms with E-state index >= 15 is 0 Å². The summed E-state index contributed by atoms with van der Waals surface area (Å²) in [6, 6.07) is 20.9. The quantitative estimate of drug-likeness (QED) is 0.184. The lowest BCUT2D eigenvalue weighted by atomic mass is 9.99. The van der Waals surface area contributed by atoms with E-state index in [0.717, 1.165) is 47.3 Å². The lowest BCUT2D eigenvalue weighted by molar-refractivity contribution is -0.124. The van der Waals surface area contributed by atoms with Gasteiger partial charge < -0.3 is 15.0 Å². The molecular weight excluding hydrogens is 518 g/mol. The SMILES string of the molecule is CCCCc1nc(Cl)c(CNC(=O)C(CS)Cc2ccccc2)n1Cc1ccc(C(=O)O)c2ccccc12. The van der Waals surface area contributed by atoms with E-state index in [1.54, 1.807) is 6.07 Å². The predicted octanol–water partition coefficient (Wildman–Crippen LogP) is 6.18. The van der Waals surface area contributed by atoms with Gasteiger partial charge in [0.05, 0.1) is 23.7 Å². The zero-order valence-corrected chi connectivity index (χ0v) is 23.0. The predicted molar refractivity (Wildman–Crippen MR) is 155 cm³/mol. The fourth-order valence-electron chi connectivity index (χ4n) is 4.70. The summed E-state index contributed by atoms with van der Waals surface area (Å²) in [6.45, 7) is 2.82. The second kappa shape index (κ2) is 13.0. The number of benzene rings is 3. The summed E-state index contributed by atoms with van der Waals surface area (Å²) in [5.74, 6) is -0.0404. The van der Waals surface area contributed by atoms with Gasteiger partial charge in [-0.3, -0.25) is 4.79 Å². The average molecular weight is 550 g/mol. The maximum absolute atomic E-state index is 13.1. The van der Waals surface area contributed by atoms with Gasteiger partial charge in [-0.1, -0.05) is 85.6 Å². The molecule has 0 aliphatic rings. The van der Waals surface area contributed by atoms with Gasteiger partial charge in [0.25, 0.3) is 0 Å². The van der Waals surface area contributed by atoms with Crippen LogP contribution in [0.25, 0.3) is 10.8 Å². The van der Waals surface area contributed by atoms with Gasteiger partial charge in [0, 0.05) is 18.7 Å². The first-order valence-corrected chi connectivity index (χ1v) is 13.8. The van der Waals surface area contributed by atoms with E-state index < -0.39 is 5.97 Å². The first kappa shape index (κ1) is 27.7. The topological polar surface area (TPSA) is 84.2 Å². The van der Waals surface area contributed by atoms with Crippen LogP contribution < -0.4 is 5.32 Å². The maximum atomic E-state index is 13.1. The van der Waals surface area contributed by atoms with Gasteiger partial charge in [-0.15, -0.1) is 0 Å². The lowest BCUT2D eigenvalue weighted by Crippen LogP contribution is -2.33. The number of nitrogens with zero attached hydrogens (tertiary/aromatic N) is 2. The number of fused-ring (bicyclic) bond motifs is 1. The van der Waals surface area contributed by atoms with Gasteiger partial charge in [0.1, 0.15) is 5.82 Å². The number of nitrogens with one attached hydrogen (secondary N) is 1. The average Bonchev–Trinajstić information content (AvgIpc) is 3.23. The fraction of sp³-hybridized carbons (Fsp3) is 0.300. The number of hydrogen-bond acceptors (Lipinski definition) is 4. The molecule has 0 aliphatic heterocycles. The molecule has 4 aromatic rings. The first-order chi connectivity index (χ1) is 18.4. The van der Waals surface area contributed by atoms with E-state index in [2.05, 4.69) is 34.4 Å². The van der Waals surface area contributed by atoms with E-state index in [9.17, 15) is 14.7 Å². The molecule has 2 N–H and O–H groups in total. The van der Waals surface area contributed by atoms with Crippen LogP contribution in [0.3, 0.4) is 0 Å². The van der Waals surface area contributed by atoms with Gasteiger partial charge in [0.2, 0.25) is 5.91 Å². The summed E-state index contributed by atoms with van der Waals surface area (Å²) < 4.78 is 2.06. The van der Waals surface area contributed by atoms with E-state index in [-0.39, 0.29) is 23.9 Å². The first-order valence-electron chi connectivity index (χ1n) is 12.8. The van der Waals surface area contributed by atoms with Crippen molar-refractivity contribution in [2.45, 2.75) is 45.7 Å². The van der Waals surface area contributed by atoms with E-state index in [4.69, 9.17) is 11.6 Å². The Labute approximate surface area is 233 Å². The van der Waals surface area contributed by atoms with Crippen LogP contribution in [-0.4, -0.2) is 32.3 Å². The highest BCUT2D eigenvalue weighted by Crippen LogP contribution is 2.27. The second-order valence-electron chi connectivity index (χ2n) is 9.37. The lowest BCUT2D eigenvalue weighted by Gasteiger charge is -2.17. The van der Waals surface area contributed by atoms with Gasteiger partial charge in [-0.2, -0.15) is 12.6 Å². The number of amides is 1. The Hall–Kier alpha value is -3.29. The third-order valence-corrected chi connectivity index (χ3v) is 7.52. The van der Waals surface area contributed by atoms with Crippen LogP contribution in [0.1, 0.15) is 52.8 Å². The minimum atomic E-state index is -0.959. The fourth-order valence-corrected chi connectivity index (χ4v) is 5.26. The number of carbonyl (C=O) groups excluding carboxylic acids is 1. The third kappa shape index (κ3) is 6.40. The Morgan fingerprint density at radius 2 is 1.76 bits per heavy atom. The smallest absolute Gasteiger partial charge is 0.336 e. The Balaban J connectivity index is 1.62. The number of hydrogen-bond donors (Lipinski definition) is 3. The molecule has 0 spiro atoms. The molecule has 8 heteroatoms. The molecule has 1 atom stereocenters. The molecule has 38 heavy (non-hydrogen) atoms. The maximum Gasteiger partial charge on any atom is 0.336 e. The van der Waals surface area contributed by atoms with E-state index in [1.165, 1.54) is 0 Å². The van der Waals surface area contributed by atoms with Gasteiger partial charge in [0.15, 0.2) is 5.15 Å². The van der Waals surface area contributed by atoms with Crippen LogP contribution in [0.4, 0.5) is 0 Å². The van der Waals surface area contributed by atoms with Crippen LogP contribution in [0.2, 0.25) is 5.15 Å². The Morgan fingerprint density at radius 3 is 2.45 bits per heavy atom. The number of rotatable bonds is 12. The number of unbranched alkanes of at least 4 members (excludes halogenated alkanes) is 1. The van der Waals surface area contributed by atoms with Crippen molar-refractivity contribution in [3.05, 3.63) is 100 Å². The highest BCUT2D eigenvalue weighted by atomic mass is 35.5. The molecule has 198 valence electrons. The molecule has 1 aromatic heterocycles. The molecule has 0 saturated carbocycles. The highest BCUT2D eigenvalue weighted by molar-refractivity contribution is 7.80. The summed E-state index contributed by atoms with van der Waals surface area (Å²) in [6.07, 6.45) is 3.32. The molecule has 0 radical (unpaired) electrons. The van der Waals surface area contributed by atoms with E-state index in [1.807, 2.05) is 60.7 Å². The summed E-state index contributed by atoms with van der Waals surface area (Å²) in [5.41, 5.74) is 3.05. The Kier molecular flexibility index (Phi) is 9.48. The molecular formula is C30H32ClN3O3S. The third-order valence-electron chi connectivity index (χ3n) is 6.78. The Morgan fingerprint density at radius 1 is 1.05 bits per heavy atom. The van der Waals surface area contributed by atoms with Crippen molar-refractivity contribution < 1.29 is 14.7 Å². The molecule has 0 aliphatic carbocycles. The van der Waals surface area contributed by atoms with Crippen molar-refractivity contribution in [1.82, 2.24) is 14.9 Å². The number of aryl methyl sites for hydroxylation is 1. The van der Waals surface area contributed by atoms with Crippen molar-refractivity contribution in [2.24, 2.45) is 5.92 Å². The standard InChI is InChI=1S/C30H32ClN3O3S/c1-2-3-13-27-33-28(31)26(17-32-29(35)22(19-38)16-20-9-5-4-6-10-20)34(27)18-21-14-15-25(30(36)37)24-12-8-7-11-23(21)24/h4-12,14-15,22,38H,2-3,13,16-19H2,1H3,(H,32,35)(H,36,37). The molecule has 1 amide bonds. The second-order valence-corrected chi connectivity index (χ2v) is 10.1. The monoisotopic (exact) mass is 549 g/mol. The molecule has 1 heterocycles. The summed E-state index contributed by atoms with van der Waals surface area (Å²) in [4.78, 5) is 29.5. The Bertz CT molecular complexity index is 1420. The number of imidazole rings is 1. The number of carbonyl (C=O) groups is 2. The molecule has 0 fully saturated rings. The highest BCUT2D eigenvalue weighted by Gasteiger charge is 2.21. The van der Waals surface area contributed by atoms with Crippen LogP contribution in [0, 0.1) is 5.92 Å². The zero-order chi connectivity index (χ0) is 27.1. The number of aromatic nitrogens is 2. The minimum Gasteiger partial charge on any atom is -0.478 e. The molecule has 0 bridgehead atoms. The minimum absolute atomic E-state index is 0.0842. The number of carboxylic acid groups (broad SMARTS) is 1. The molecule has 1 unspecified atom stereocenters. The summed E-state index contributed by atoms with van der Waals surface area (Å²) in [5, 5.41) is 14.6. The van der Waals surface area contributed by atoms with Crippen LogP contribution >= 0.6 is 24.2 Å². The van der Waals surface area contributed by atoms with Crippen LogP contribution in [-0.2, 0) is 30.7 Å². The van der Waals surface area contributed by atoms with Crippen LogP contribution in [0.15, 0.2) is 66.7 Å². The molecule has 6 nitrogen and oxygen atoms in total. The summed E-state index contributed by atoms with van der Waals surface area (Å²) in [7, 11) is 0. The molecule has 3 aromatic carbocycles. The van der Waals surface area contributed by atoms with Crippen molar-refractivity contribution in [2.75, 3.05) is 5.75 Å². The van der Waals surface area contributed by atoms with Crippen LogP contribution in [0.5, 0.6) is 0 Å². The van der Waals surface area contributed by atoms with Gasteiger partial charge >= 0.3 is 5.97 Å². The molecule has 0 saturated heterocycles. The van der Waals surface area contributed by atoms with Crippen molar-refractivity contribution in [3.8, 4) is 0 Å². The van der Waals surface area contributed by atoms with E-state index in [0.29, 0.717) is 29.3 Å². The van der Waals surface area contributed by atoms with Crippen molar-refractivity contribution in [3.63, 3.8) is 0 Å². The number of aromatic carboxylic acids is 1. The summed E-state index contributed by atoms with van der Waals surface area (Å²) >= 11 is 11.1. The number of halogens is 1. The number of thiol groups is 1. The van der Waals surface area contributed by atoms with Crippen molar-refractivity contribution >= 4 is 46.9 Å². The molecule has 4 rings (SSSR count). The normalized spacial score (nSPS) is 12.0. The van der Waals surface area contributed by atoms with Gasteiger partial charge in [-0.05, 0) is 40.8 Å². The van der Waals surface area contributed by atoms with Crippen molar-refractivity contribution in [1.29, 1.82) is 0 Å². The largest absolute Gasteiger partial charge is 0.478 e. The zero-order valence-electron chi connectivity index (χ0n) is 21.4. The van der Waals surface area contributed by atoms with Gasteiger partial charge in [-0.25, -0.2) is 9.78 Å². The number of carboxylic acids is 1.